The number of nitrogen functional groups attached to an aromatic ring is 1. The van der Waals surface area contributed by atoms with Gasteiger partial charge in [-0.2, -0.15) is 0 Å². The number of carbonyl (C=O) groups is 2. The Labute approximate surface area is 184 Å². The van der Waals surface area contributed by atoms with Crippen LogP contribution in [-0.2, 0) is 11.4 Å². The second kappa shape index (κ2) is 10.2. The normalized spacial score (nSPS) is 10.4. The molecular formula is C18H16FN7O5S. The Morgan fingerprint density at radius 2 is 1.94 bits per heavy atom. The van der Waals surface area contributed by atoms with Crippen LogP contribution in [0.3, 0.4) is 0 Å². The average Bonchev–Trinajstić information content (AvgIpc) is 3.15. The quantitative estimate of drug-likeness (QED) is 0.193. The first kappa shape index (κ1) is 22.5. The summed E-state index contributed by atoms with van der Waals surface area (Å²) < 4.78 is 19.5. The summed E-state index contributed by atoms with van der Waals surface area (Å²) in [6, 6.07) is 10.5. The van der Waals surface area contributed by atoms with Crippen molar-refractivity contribution in [1.29, 1.82) is 0 Å². The maximum Gasteiger partial charge on any atom is 0.270 e. The number of benzene rings is 2. The summed E-state index contributed by atoms with van der Waals surface area (Å²) in [4.78, 5) is 34.1. The molecule has 0 aliphatic heterocycles. The Kier molecular flexibility index (Phi) is 7.17. The number of nitro groups is 1. The summed E-state index contributed by atoms with van der Waals surface area (Å²) in [5, 5.41) is 18.7. The van der Waals surface area contributed by atoms with Crippen molar-refractivity contribution in [2.24, 2.45) is 0 Å². The standard InChI is InChI=1S/C18H16FN7O5S/c19-12-4-6-14(7-5-12)31-9-15-21-24-18(25(15)20)32-10-16(27)22-23-17(28)11-2-1-3-13(8-11)26(29)30/h1-8H,9-10,20H2,(H,22,27)(H,23,28). The predicted molar refractivity (Wildman–Crippen MR) is 110 cm³/mol. The zero-order valence-corrected chi connectivity index (χ0v) is 17.0. The molecule has 0 unspecified atom stereocenters. The topological polar surface area (TPSA) is 167 Å². The van der Waals surface area contributed by atoms with Crippen molar-refractivity contribution in [1.82, 2.24) is 25.7 Å². The van der Waals surface area contributed by atoms with Crippen molar-refractivity contribution in [3.05, 3.63) is 75.9 Å². The lowest BCUT2D eigenvalue weighted by atomic mass is 10.2. The van der Waals surface area contributed by atoms with Crippen LogP contribution in [0.25, 0.3) is 0 Å². The van der Waals surface area contributed by atoms with E-state index in [1.165, 1.54) is 42.5 Å². The number of halogens is 1. The van der Waals surface area contributed by atoms with Crippen molar-refractivity contribution in [2.75, 3.05) is 11.6 Å². The number of ether oxygens (including phenoxy) is 1. The highest BCUT2D eigenvalue weighted by Gasteiger charge is 2.15. The number of hydrogen-bond acceptors (Lipinski definition) is 9. The van der Waals surface area contributed by atoms with Crippen molar-refractivity contribution in [2.45, 2.75) is 11.8 Å². The average molecular weight is 461 g/mol. The number of amides is 2. The van der Waals surface area contributed by atoms with E-state index in [1.807, 2.05) is 0 Å². The van der Waals surface area contributed by atoms with Crippen LogP contribution in [0.5, 0.6) is 5.75 Å². The molecule has 0 aliphatic carbocycles. The lowest BCUT2D eigenvalue weighted by Gasteiger charge is -2.08. The molecule has 166 valence electrons. The van der Waals surface area contributed by atoms with Crippen LogP contribution < -0.4 is 21.4 Å². The number of nitrogens with zero attached hydrogens (tertiary/aromatic N) is 4. The van der Waals surface area contributed by atoms with Crippen molar-refractivity contribution < 1.29 is 23.6 Å². The van der Waals surface area contributed by atoms with Gasteiger partial charge in [0.15, 0.2) is 5.82 Å². The largest absolute Gasteiger partial charge is 0.486 e. The smallest absolute Gasteiger partial charge is 0.270 e. The fourth-order valence-corrected chi connectivity index (χ4v) is 2.98. The van der Waals surface area contributed by atoms with E-state index in [2.05, 4.69) is 21.0 Å². The van der Waals surface area contributed by atoms with Crippen LogP contribution in [0.2, 0.25) is 0 Å². The number of hydrazine groups is 1. The molecule has 0 atom stereocenters. The highest BCUT2D eigenvalue weighted by molar-refractivity contribution is 7.99. The van der Waals surface area contributed by atoms with Crippen LogP contribution >= 0.6 is 11.8 Å². The molecule has 14 heteroatoms. The maximum atomic E-state index is 12.9. The molecule has 0 radical (unpaired) electrons. The first-order valence-electron chi connectivity index (χ1n) is 8.87. The molecule has 12 nitrogen and oxygen atoms in total. The molecule has 3 aromatic rings. The lowest BCUT2D eigenvalue weighted by Crippen LogP contribution is -2.42. The molecule has 0 saturated carbocycles. The first-order chi connectivity index (χ1) is 15.3. The molecule has 0 aliphatic rings. The summed E-state index contributed by atoms with van der Waals surface area (Å²) in [5.74, 6) is 4.76. The number of nitro benzene ring substituents is 1. The van der Waals surface area contributed by atoms with Gasteiger partial charge >= 0.3 is 0 Å². The molecule has 4 N–H and O–H groups in total. The number of nitrogens with two attached hydrogens (primary N) is 1. The minimum absolute atomic E-state index is 0.0136. The number of non-ortho nitro benzene ring substituents is 1. The molecule has 32 heavy (non-hydrogen) atoms. The Balaban J connectivity index is 1.46. The Bertz CT molecular complexity index is 1140. The van der Waals surface area contributed by atoms with Gasteiger partial charge < -0.3 is 10.6 Å². The second-order valence-electron chi connectivity index (χ2n) is 6.11. The van der Waals surface area contributed by atoms with Crippen LogP contribution in [0.4, 0.5) is 10.1 Å². The maximum absolute atomic E-state index is 12.9. The molecule has 1 aromatic heterocycles. The minimum atomic E-state index is -0.714. The van der Waals surface area contributed by atoms with Crippen LogP contribution in [0.15, 0.2) is 53.7 Å². The molecular weight excluding hydrogens is 445 g/mol. The molecule has 0 spiro atoms. The third kappa shape index (κ3) is 5.91. The van der Waals surface area contributed by atoms with E-state index >= 15 is 0 Å². The van der Waals surface area contributed by atoms with Gasteiger partial charge in [0, 0.05) is 17.7 Å². The zero-order chi connectivity index (χ0) is 23.1. The molecule has 0 bridgehead atoms. The fourth-order valence-electron chi connectivity index (χ4n) is 2.31. The Morgan fingerprint density at radius 1 is 1.19 bits per heavy atom. The van der Waals surface area contributed by atoms with E-state index in [0.717, 1.165) is 22.5 Å². The summed E-state index contributed by atoms with van der Waals surface area (Å²) >= 11 is 0.960. The van der Waals surface area contributed by atoms with Gasteiger partial charge in [0.2, 0.25) is 11.1 Å². The van der Waals surface area contributed by atoms with Gasteiger partial charge in [-0.25, -0.2) is 9.07 Å². The highest BCUT2D eigenvalue weighted by Crippen LogP contribution is 2.17. The number of thioether (sulfide) groups is 1. The fraction of sp³-hybridized carbons (Fsp3) is 0.111. The Morgan fingerprint density at radius 3 is 2.66 bits per heavy atom. The van der Waals surface area contributed by atoms with Crippen molar-refractivity contribution in [3.8, 4) is 5.75 Å². The predicted octanol–water partition coefficient (Wildman–Crippen LogP) is 1.17. The molecule has 2 amide bonds. The molecule has 3 rings (SSSR count). The number of aromatic nitrogens is 3. The number of nitrogens with one attached hydrogen (secondary N) is 2. The van der Waals surface area contributed by atoms with E-state index in [1.54, 1.807) is 0 Å². The van der Waals surface area contributed by atoms with Crippen LogP contribution in [-0.4, -0.2) is 37.4 Å². The number of rotatable bonds is 8. The van der Waals surface area contributed by atoms with E-state index < -0.39 is 22.6 Å². The van der Waals surface area contributed by atoms with Crippen molar-refractivity contribution in [3.63, 3.8) is 0 Å². The lowest BCUT2D eigenvalue weighted by molar-refractivity contribution is -0.384. The van der Waals surface area contributed by atoms with E-state index in [9.17, 15) is 24.1 Å². The highest BCUT2D eigenvalue weighted by atomic mass is 32.2. The molecule has 2 aromatic carbocycles. The van der Waals surface area contributed by atoms with Gasteiger partial charge in [-0.05, 0) is 30.3 Å². The summed E-state index contributed by atoms with van der Waals surface area (Å²) in [7, 11) is 0. The monoisotopic (exact) mass is 461 g/mol. The molecule has 0 saturated heterocycles. The van der Waals surface area contributed by atoms with Gasteiger partial charge in [-0.15, -0.1) is 10.2 Å². The minimum Gasteiger partial charge on any atom is -0.486 e. The van der Waals surface area contributed by atoms with E-state index in [-0.39, 0.29) is 34.6 Å². The third-order valence-corrected chi connectivity index (χ3v) is 4.83. The van der Waals surface area contributed by atoms with E-state index in [0.29, 0.717) is 5.75 Å². The van der Waals surface area contributed by atoms with Crippen molar-refractivity contribution >= 4 is 29.3 Å². The van der Waals surface area contributed by atoms with E-state index in [4.69, 9.17) is 10.6 Å². The van der Waals surface area contributed by atoms with Gasteiger partial charge in [0.05, 0.1) is 10.7 Å². The van der Waals surface area contributed by atoms with Crippen LogP contribution in [0, 0.1) is 15.9 Å². The summed E-state index contributed by atoms with van der Waals surface area (Å²) in [6.45, 7) is -0.0266. The summed E-state index contributed by atoms with van der Waals surface area (Å²) in [5.41, 5.74) is 4.13. The number of carbonyl (C=O) groups excluding carboxylic acids is 2. The first-order valence-corrected chi connectivity index (χ1v) is 9.86. The van der Waals surface area contributed by atoms with Gasteiger partial charge in [0.1, 0.15) is 18.2 Å². The zero-order valence-electron chi connectivity index (χ0n) is 16.2. The van der Waals surface area contributed by atoms with Gasteiger partial charge in [-0.3, -0.25) is 30.6 Å². The van der Waals surface area contributed by atoms with Gasteiger partial charge in [0.25, 0.3) is 11.6 Å². The third-order valence-electron chi connectivity index (χ3n) is 3.88. The summed E-state index contributed by atoms with van der Waals surface area (Å²) in [6.07, 6.45) is 0. The molecule has 0 fully saturated rings. The van der Waals surface area contributed by atoms with Gasteiger partial charge in [-0.1, -0.05) is 17.8 Å². The SMILES string of the molecule is Nn1c(COc2ccc(F)cc2)nnc1SCC(=O)NNC(=O)c1cccc([N+](=O)[O-])c1. The number of hydrogen-bond donors (Lipinski definition) is 3. The van der Waals surface area contributed by atoms with Crippen LogP contribution in [0.1, 0.15) is 16.2 Å². The Hall–Kier alpha value is -4.20. The molecule has 1 heterocycles. The second-order valence-corrected chi connectivity index (χ2v) is 7.05.